The van der Waals surface area contributed by atoms with Crippen molar-refractivity contribution in [2.45, 2.75) is 13.5 Å². The van der Waals surface area contributed by atoms with Crippen molar-refractivity contribution in [1.82, 2.24) is 10.3 Å². The SMILES string of the molecule is CC(=O)c1cccc(OCC(=O)NCc2ccc(-c3nc4ccccc4s3)o2)c1. The smallest absolute Gasteiger partial charge is 0.258 e. The van der Waals surface area contributed by atoms with Crippen molar-refractivity contribution < 1.29 is 18.7 Å². The summed E-state index contributed by atoms with van der Waals surface area (Å²) in [6.07, 6.45) is 0. The molecule has 0 atom stereocenters. The number of ether oxygens (including phenoxy) is 1. The Morgan fingerprint density at radius 2 is 1.97 bits per heavy atom. The predicted molar refractivity (Wildman–Crippen MR) is 111 cm³/mol. The summed E-state index contributed by atoms with van der Waals surface area (Å²) in [5.74, 6) is 1.45. The van der Waals surface area contributed by atoms with Crippen LogP contribution in [0.5, 0.6) is 5.75 Å². The summed E-state index contributed by atoms with van der Waals surface area (Å²) in [4.78, 5) is 28.0. The van der Waals surface area contributed by atoms with E-state index in [1.807, 2.05) is 36.4 Å². The van der Waals surface area contributed by atoms with Gasteiger partial charge in [-0.05, 0) is 43.3 Å². The van der Waals surface area contributed by atoms with Gasteiger partial charge in [0.25, 0.3) is 5.91 Å². The quantitative estimate of drug-likeness (QED) is 0.459. The molecule has 0 saturated heterocycles. The number of rotatable bonds is 7. The second-order valence-electron chi connectivity index (χ2n) is 6.40. The van der Waals surface area contributed by atoms with Crippen molar-refractivity contribution in [2.75, 3.05) is 6.61 Å². The number of aromatic nitrogens is 1. The monoisotopic (exact) mass is 406 g/mol. The van der Waals surface area contributed by atoms with Gasteiger partial charge >= 0.3 is 0 Å². The molecule has 0 bridgehead atoms. The molecule has 6 nitrogen and oxygen atoms in total. The number of hydrogen-bond donors (Lipinski definition) is 1. The number of carbonyl (C=O) groups excluding carboxylic acids is 2. The number of fused-ring (bicyclic) bond motifs is 1. The Balaban J connectivity index is 1.32. The molecule has 4 aromatic rings. The molecule has 0 fully saturated rings. The molecule has 146 valence electrons. The zero-order valence-corrected chi connectivity index (χ0v) is 16.5. The number of para-hydroxylation sites is 1. The number of carbonyl (C=O) groups is 2. The fourth-order valence-electron chi connectivity index (χ4n) is 2.76. The first kappa shape index (κ1) is 18.9. The van der Waals surface area contributed by atoms with Gasteiger partial charge in [0.05, 0.1) is 16.8 Å². The summed E-state index contributed by atoms with van der Waals surface area (Å²) >= 11 is 1.56. The number of Topliss-reactive ketones (excluding diaryl/α,β-unsaturated/α-hetero) is 1. The molecule has 1 amide bonds. The number of benzene rings is 2. The van der Waals surface area contributed by atoms with Crippen LogP contribution in [0.25, 0.3) is 21.0 Å². The maximum absolute atomic E-state index is 12.0. The zero-order valence-electron chi connectivity index (χ0n) is 15.7. The average Bonchev–Trinajstić information content (AvgIpc) is 3.37. The summed E-state index contributed by atoms with van der Waals surface area (Å²) in [5, 5.41) is 3.56. The zero-order chi connectivity index (χ0) is 20.2. The van der Waals surface area contributed by atoms with Crippen LogP contribution in [0.2, 0.25) is 0 Å². The van der Waals surface area contributed by atoms with Crippen LogP contribution in [0.4, 0.5) is 0 Å². The summed E-state index contributed by atoms with van der Waals surface area (Å²) in [6, 6.07) is 18.3. The van der Waals surface area contributed by atoms with Crippen LogP contribution in [0.1, 0.15) is 23.0 Å². The van der Waals surface area contributed by atoms with Crippen LogP contribution < -0.4 is 10.1 Å². The summed E-state index contributed by atoms with van der Waals surface area (Å²) in [7, 11) is 0. The predicted octanol–water partition coefficient (Wildman–Crippen LogP) is 4.45. The first-order valence-electron chi connectivity index (χ1n) is 9.03. The molecular formula is C22H18N2O4S. The summed E-state index contributed by atoms with van der Waals surface area (Å²) in [6.45, 7) is 1.59. The molecule has 0 aliphatic heterocycles. The van der Waals surface area contributed by atoms with Gasteiger partial charge in [0.2, 0.25) is 0 Å². The van der Waals surface area contributed by atoms with E-state index in [1.165, 1.54) is 6.92 Å². The van der Waals surface area contributed by atoms with E-state index in [0.717, 1.165) is 15.2 Å². The molecule has 0 aliphatic rings. The minimum atomic E-state index is -0.281. The Hall–Kier alpha value is -3.45. The third-order valence-electron chi connectivity index (χ3n) is 4.24. The lowest BCUT2D eigenvalue weighted by Crippen LogP contribution is -2.28. The molecule has 2 aromatic carbocycles. The van der Waals surface area contributed by atoms with Crippen molar-refractivity contribution >= 4 is 33.2 Å². The van der Waals surface area contributed by atoms with Gasteiger partial charge in [-0.15, -0.1) is 11.3 Å². The van der Waals surface area contributed by atoms with Crippen LogP contribution >= 0.6 is 11.3 Å². The lowest BCUT2D eigenvalue weighted by molar-refractivity contribution is -0.123. The van der Waals surface area contributed by atoms with Gasteiger partial charge in [0.15, 0.2) is 23.2 Å². The molecule has 29 heavy (non-hydrogen) atoms. The molecule has 0 radical (unpaired) electrons. The second kappa shape index (κ2) is 8.28. The molecule has 2 heterocycles. The lowest BCUT2D eigenvalue weighted by atomic mass is 10.1. The first-order chi connectivity index (χ1) is 14.1. The van der Waals surface area contributed by atoms with Gasteiger partial charge < -0.3 is 14.5 Å². The number of amides is 1. The van der Waals surface area contributed by atoms with E-state index in [2.05, 4.69) is 10.3 Å². The molecule has 0 aliphatic carbocycles. The lowest BCUT2D eigenvalue weighted by Gasteiger charge is -2.07. The van der Waals surface area contributed by atoms with Crippen molar-refractivity contribution in [3.8, 4) is 16.5 Å². The van der Waals surface area contributed by atoms with E-state index in [4.69, 9.17) is 9.15 Å². The molecule has 0 unspecified atom stereocenters. The number of thiazole rings is 1. The van der Waals surface area contributed by atoms with Crippen LogP contribution in [0.15, 0.2) is 65.1 Å². The highest BCUT2D eigenvalue weighted by molar-refractivity contribution is 7.21. The molecular weight excluding hydrogens is 388 g/mol. The summed E-state index contributed by atoms with van der Waals surface area (Å²) < 4.78 is 12.4. The van der Waals surface area contributed by atoms with Crippen LogP contribution in [0.3, 0.4) is 0 Å². The average molecular weight is 406 g/mol. The topological polar surface area (TPSA) is 81.4 Å². The van der Waals surface area contributed by atoms with Gasteiger partial charge in [-0.25, -0.2) is 4.98 Å². The number of nitrogens with zero attached hydrogens (tertiary/aromatic N) is 1. The maximum Gasteiger partial charge on any atom is 0.258 e. The Bertz CT molecular complexity index is 1150. The van der Waals surface area contributed by atoms with Gasteiger partial charge in [-0.3, -0.25) is 9.59 Å². The molecule has 0 spiro atoms. The van der Waals surface area contributed by atoms with Gasteiger partial charge in [-0.1, -0.05) is 24.3 Å². The van der Waals surface area contributed by atoms with Gasteiger partial charge in [-0.2, -0.15) is 0 Å². The van der Waals surface area contributed by atoms with E-state index in [9.17, 15) is 9.59 Å². The maximum atomic E-state index is 12.0. The van der Waals surface area contributed by atoms with Crippen LogP contribution in [0, 0.1) is 0 Å². The van der Waals surface area contributed by atoms with Crippen molar-refractivity contribution in [3.63, 3.8) is 0 Å². The van der Waals surface area contributed by atoms with Crippen LogP contribution in [-0.2, 0) is 11.3 Å². The number of hydrogen-bond acceptors (Lipinski definition) is 6. The molecule has 7 heteroatoms. The molecule has 4 rings (SSSR count). The highest BCUT2D eigenvalue weighted by Crippen LogP contribution is 2.31. The highest BCUT2D eigenvalue weighted by Gasteiger charge is 2.11. The van der Waals surface area contributed by atoms with E-state index < -0.39 is 0 Å². The minimum absolute atomic E-state index is 0.0540. The van der Waals surface area contributed by atoms with Crippen LogP contribution in [-0.4, -0.2) is 23.3 Å². The van der Waals surface area contributed by atoms with Crippen molar-refractivity contribution in [2.24, 2.45) is 0 Å². The van der Waals surface area contributed by atoms with E-state index in [-0.39, 0.29) is 24.8 Å². The third kappa shape index (κ3) is 4.52. The summed E-state index contributed by atoms with van der Waals surface area (Å²) in [5.41, 5.74) is 1.48. The van der Waals surface area contributed by atoms with Gasteiger partial charge in [0.1, 0.15) is 11.5 Å². The van der Waals surface area contributed by atoms with E-state index in [1.54, 1.807) is 35.6 Å². The standard InChI is InChI=1S/C22H18N2O4S/c1-14(25)15-5-4-6-16(11-15)27-13-21(26)23-12-17-9-10-19(28-17)22-24-18-7-2-3-8-20(18)29-22/h2-11H,12-13H2,1H3,(H,23,26). The molecule has 0 saturated carbocycles. The number of furan rings is 1. The van der Waals surface area contributed by atoms with Crippen molar-refractivity contribution in [3.05, 3.63) is 72.0 Å². The Labute approximate surface area is 171 Å². The first-order valence-corrected chi connectivity index (χ1v) is 9.85. The fourth-order valence-corrected chi connectivity index (χ4v) is 3.68. The second-order valence-corrected chi connectivity index (χ2v) is 7.43. The number of nitrogens with one attached hydrogen (secondary N) is 1. The fraction of sp³-hybridized carbons (Fsp3) is 0.136. The Morgan fingerprint density at radius 3 is 2.79 bits per heavy atom. The number of ketones is 1. The third-order valence-corrected chi connectivity index (χ3v) is 5.29. The highest BCUT2D eigenvalue weighted by atomic mass is 32.1. The van der Waals surface area contributed by atoms with Gasteiger partial charge in [0, 0.05) is 5.56 Å². The Kier molecular flexibility index (Phi) is 5.39. The normalized spacial score (nSPS) is 10.8. The minimum Gasteiger partial charge on any atom is -0.484 e. The van der Waals surface area contributed by atoms with E-state index >= 15 is 0 Å². The molecule has 1 N–H and O–H groups in total. The van der Waals surface area contributed by atoms with Crippen molar-refractivity contribution in [1.29, 1.82) is 0 Å². The largest absolute Gasteiger partial charge is 0.484 e. The van der Waals surface area contributed by atoms with E-state index in [0.29, 0.717) is 22.8 Å². The Morgan fingerprint density at radius 1 is 1.10 bits per heavy atom. The molecule has 2 aromatic heterocycles.